The number of anilines is 1. The molecule has 0 aliphatic carbocycles. The van der Waals surface area contributed by atoms with Crippen molar-refractivity contribution in [2.75, 3.05) is 5.73 Å². The second kappa shape index (κ2) is 4.75. The summed E-state index contributed by atoms with van der Waals surface area (Å²) in [7, 11) is 0. The molecule has 3 aromatic heterocycles. The van der Waals surface area contributed by atoms with Crippen LogP contribution in [-0.4, -0.2) is 14.5 Å². The van der Waals surface area contributed by atoms with Crippen molar-refractivity contribution in [3.8, 4) is 0 Å². The van der Waals surface area contributed by atoms with Crippen molar-refractivity contribution in [3.05, 3.63) is 38.7 Å². The van der Waals surface area contributed by atoms with Crippen LogP contribution in [0.2, 0.25) is 5.02 Å². The lowest BCUT2D eigenvalue weighted by Crippen LogP contribution is -2.10. The summed E-state index contributed by atoms with van der Waals surface area (Å²) in [6.45, 7) is 6.35. The Morgan fingerprint density at radius 1 is 1.35 bits per heavy atom. The van der Waals surface area contributed by atoms with Crippen LogP contribution in [0, 0.1) is 13.8 Å². The number of fused-ring (bicyclic) bond motifs is 1. The minimum atomic E-state index is 0.0959. The number of rotatable bonds is 2. The van der Waals surface area contributed by atoms with Crippen molar-refractivity contribution in [2.24, 2.45) is 0 Å². The Kier molecular flexibility index (Phi) is 3.18. The number of nitrogens with two attached hydrogens (primary N) is 1. The highest BCUT2D eigenvalue weighted by Gasteiger charge is 2.19. The molecule has 2 N–H and O–H groups in total. The number of halogens is 1. The van der Waals surface area contributed by atoms with Gasteiger partial charge >= 0.3 is 0 Å². The van der Waals surface area contributed by atoms with Crippen molar-refractivity contribution in [1.29, 1.82) is 0 Å². The lowest BCUT2D eigenvalue weighted by atomic mass is 10.1. The number of pyridine rings is 1. The Morgan fingerprint density at radius 2 is 2.10 bits per heavy atom. The fourth-order valence-corrected chi connectivity index (χ4v) is 3.73. The predicted octanol–water partition coefficient (Wildman–Crippen LogP) is 3.95. The standard InChI is InChI=1S/C14H15ClN4S/c1-7-4-11(9(3)20-7)8(2)19-13-12(18-14(19)16)5-10(15)6-17-13/h4-6,8H,1-3H3,(H2,16,18). The maximum Gasteiger partial charge on any atom is 0.203 e. The Labute approximate surface area is 126 Å². The number of nitrogens with zero attached hydrogens (tertiary/aromatic N) is 3. The summed E-state index contributed by atoms with van der Waals surface area (Å²) in [4.78, 5) is 11.3. The van der Waals surface area contributed by atoms with E-state index in [2.05, 4.69) is 36.8 Å². The van der Waals surface area contributed by atoms with E-state index in [9.17, 15) is 0 Å². The van der Waals surface area contributed by atoms with Gasteiger partial charge < -0.3 is 5.73 Å². The third kappa shape index (κ3) is 2.07. The molecular formula is C14H15ClN4S. The topological polar surface area (TPSA) is 56.7 Å². The maximum absolute atomic E-state index is 6.07. The van der Waals surface area contributed by atoms with E-state index in [4.69, 9.17) is 17.3 Å². The zero-order chi connectivity index (χ0) is 14.4. The molecule has 104 valence electrons. The van der Waals surface area contributed by atoms with E-state index in [0.29, 0.717) is 11.0 Å². The molecule has 0 aliphatic rings. The zero-order valence-corrected chi connectivity index (χ0v) is 13.1. The molecule has 0 saturated carbocycles. The summed E-state index contributed by atoms with van der Waals surface area (Å²) >= 11 is 7.75. The van der Waals surface area contributed by atoms with E-state index in [1.165, 1.54) is 15.3 Å². The Hall–Kier alpha value is -1.59. The Balaban J connectivity index is 2.18. The van der Waals surface area contributed by atoms with E-state index < -0.39 is 0 Å². The molecule has 0 radical (unpaired) electrons. The van der Waals surface area contributed by atoms with Crippen molar-refractivity contribution < 1.29 is 0 Å². The average Bonchev–Trinajstić information content (AvgIpc) is 2.87. The smallest absolute Gasteiger partial charge is 0.203 e. The normalized spacial score (nSPS) is 13.0. The highest BCUT2D eigenvalue weighted by Crippen LogP contribution is 2.32. The second-order valence-corrected chi connectivity index (χ2v) is 6.78. The molecule has 3 heterocycles. The van der Waals surface area contributed by atoms with Crippen LogP contribution in [0.25, 0.3) is 11.2 Å². The van der Waals surface area contributed by atoms with Crippen LogP contribution in [0.4, 0.5) is 5.95 Å². The highest BCUT2D eigenvalue weighted by atomic mass is 35.5. The first-order chi connectivity index (χ1) is 9.47. The maximum atomic E-state index is 6.07. The van der Waals surface area contributed by atoms with Crippen LogP contribution in [-0.2, 0) is 0 Å². The third-order valence-corrected chi connectivity index (χ3v) is 4.63. The SMILES string of the molecule is Cc1cc(C(C)n2c(N)nc3cc(Cl)cnc32)c(C)s1. The van der Waals surface area contributed by atoms with Gasteiger partial charge in [-0.15, -0.1) is 11.3 Å². The van der Waals surface area contributed by atoms with Crippen molar-refractivity contribution in [1.82, 2.24) is 14.5 Å². The van der Waals surface area contributed by atoms with Gasteiger partial charge in [0, 0.05) is 16.0 Å². The van der Waals surface area contributed by atoms with Gasteiger partial charge in [-0.2, -0.15) is 0 Å². The summed E-state index contributed by atoms with van der Waals surface area (Å²) < 4.78 is 1.96. The molecule has 0 saturated heterocycles. The number of hydrogen-bond donors (Lipinski definition) is 1. The number of thiophene rings is 1. The molecule has 0 amide bonds. The van der Waals surface area contributed by atoms with E-state index in [-0.39, 0.29) is 6.04 Å². The van der Waals surface area contributed by atoms with Crippen LogP contribution >= 0.6 is 22.9 Å². The van der Waals surface area contributed by atoms with Gasteiger partial charge in [0.25, 0.3) is 0 Å². The zero-order valence-electron chi connectivity index (χ0n) is 11.5. The van der Waals surface area contributed by atoms with Crippen LogP contribution in [0.15, 0.2) is 18.3 Å². The molecule has 3 rings (SSSR count). The lowest BCUT2D eigenvalue weighted by Gasteiger charge is -2.15. The first-order valence-corrected chi connectivity index (χ1v) is 7.52. The van der Waals surface area contributed by atoms with Crippen LogP contribution in [0.5, 0.6) is 0 Å². The van der Waals surface area contributed by atoms with Gasteiger partial charge in [-0.3, -0.25) is 4.57 Å². The molecule has 4 nitrogen and oxygen atoms in total. The van der Waals surface area contributed by atoms with Gasteiger partial charge in [0.15, 0.2) is 5.65 Å². The van der Waals surface area contributed by atoms with E-state index in [0.717, 1.165) is 11.2 Å². The largest absolute Gasteiger partial charge is 0.369 e. The first kappa shape index (κ1) is 13.4. The summed E-state index contributed by atoms with van der Waals surface area (Å²) in [5, 5.41) is 0.567. The number of hydrogen-bond acceptors (Lipinski definition) is 4. The number of imidazole rings is 1. The number of aromatic nitrogens is 3. The first-order valence-electron chi connectivity index (χ1n) is 6.33. The fourth-order valence-electron chi connectivity index (χ4n) is 2.56. The average molecular weight is 307 g/mol. The van der Waals surface area contributed by atoms with E-state index >= 15 is 0 Å². The van der Waals surface area contributed by atoms with Gasteiger partial charge in [0.05, 0.1) is 11.1 Å². The Morgan fingerprint density at radius 3 is 2.75 bits per heavy atom. The molecule has 20 heavy (non-hydrogen) atoms. The summed E-state index contributed by atoms with van der Waals surface area (Å²) in [6.07, 6.45) is 1.62. The molecule has 0 spiro atoms. The number of aryl methyl sites for hydroxylation is 2. The van der Waals surface area contributed by atoms with Crippen LogP contribution < -0.4 is 5.73 Å². The van der Waals surface area contributed by atoms with Crippen LogP contribution in [0.3, 0.4) is 0 Å². The fraction of sp³-hybridized carbons (Fsp3) is 0.286. The quantitative estimate of drug-likeness (QED) is 0.780. The second-order valence-electron chi connectivity index (χ2n) is 4.88. The minimum absolute atomic E-state index is 0.0959. The molecule has 0 bridgehead atoms. The highest BCUT2D eigenvalue weighted by molar-refractivity contribution is 7.12. The van der Waals surface area contributed by atoms with Gasteiger partial charge in [-0.25, -0.2) is 9.97 Å². The molecular weight excluding hydrogens is 292 g/mol. The Bertz CT molecular complexity index is 790. The lowest BCUT2D eigenvalue weighted by molar-refractivity contribution is 0.661. The van der Waals surface area contributed by atoms with Gasteiger partial charge in [0.1, 0.15) is 5.52 Å². The molecule has 0 fully saturated rings. The van der Waals surface area contributed by atoms with Crippen LogP contribution in [0.1, 0.15) is 28.3 Å². The summed E-state index contributed by atoms with van der Waals surface area (Å²) in [5.74, 6) is 0.463. The third-order valence-electron chi connectivity index (χ3n) is 3.44. The molecule has 1 unspecified atom stereocenters. The van der Waals surface area contributed by atoms with E-state index in [1.54, 1.807) is 23.6 Å². The summed E-state index contributed by atoms with van der Waals surface area (Å²) in [6, 6.07) is 4.08. The minimum Gasteiger partial charge on any atom is -0.369 e. The van der Waals surface area contributed by atoms with E-state index in [1.807, 2.05) is 4.57 Å². The predicted molar refractivity (Wildman–Crippen MR) is 84.6 cm³/mol. The van der Waals surface area contributed by atoms with Crippen molar-refractivity contribution in [3.63, 3.8) is 0 Å². The van der Waals surface area contributed by atoms with Crippen molar-refractivity contribution >= 4 is 40.0 Å². The number of nitrogen functional groups attached to an aromatic ring is 1. The molecule has 0 aliphatic heterocycles. The molecule has 3 aromatic rings. The van der Waals surface area contributed by atoms with Gasteiger partial charge in [-0.1, -0.05) is 11.6 Å². The van der Waals surface area contributed by atoms with Gasteiger partial charge in [-0.05, 0) is 38.5 Å². The molecule has 1 atom stereocenters. The summed E-state index contributed by atoms with van der Waals surface area (Å²) in [5.41, 5.74) is 8.82. The van der Waals surface area contributed by atoms with Crippen molar-refractivity contribution in [2.45, 2.75) is 26.8 Å². The molecule has 6 heteroatoms. The van der Waals surface area contributed by atoms with Gasteiger partial charge in [0.2, 0.25) is 5.95 Å². The monoisotopic (exact) mass is 306 g/mol. The molecule has 0 aromatic carbocycles.